The van der Waals surface area contributed by atoms with Gasteiger partial charge >= 0.3 is 0 Å². The first-order chi connectivity index (χ1) is 9.88. The van der Waals surface area contributed by atoms with Gasteiger partial charge in [0.25, 0.3) is 0 Å². The Labute approximate surface area is 119 Å². The standard InChI is InChI=1S/C17H17NO2/c18-11-4-5-12-19-16-9-6-10-17(13-16)20-14-15-7-2-1-3-8-15/h1-3,6-10,13H,4-5,12,14H2. The van der Waals surface area contributed by atoms with Crippen LogP contribution in [-0.4, -0.2) is 6.61 Å². The zero-order chi connectivity index (χ0) is 14.0. The van der Waals surface area contributed by atoms with Crippen molar-refractivity contribution in [3.05, 3.63) is 60.2 Å². The summed E-state index contributed by atoms with van der Waals surface area (Å²) in [6, 6.07) is 19.7. The van der Waals surface area contributed by atoms with E-state index in [4.69, 9.17) is 14.7 Å². The molecule has 0 saturated carbocycles. The number of nitriles is 1. The Morgan fingerprint density at radius 1 is 0.900 bits per heavy atom. The van der Waals surface area contributed by atoms with Crippen LogP contribution in [0.25, 0.3) is 0 Å². The Balaban J connectivity index is 1.85. The first kappa shape index (κ1) is 14.0. The van der Waals surface area contributed by atoms with Gasteiger partial charge < -0.3 is 9.47 Å². The average molecular weight is 267 g/mol. The molecule has 0 aliphatic carbocycles. The van der Waals surface area contributed by atoms with E-state index in [0.29, 0.717) is 19.6 Å². The van der Waals surface area contributed by atoms with Gasteiger partial charge in [0.1, 0.15) is 18.1 Å². The van der Waals surface area contributed by atoms with Crippen LogP contribution in [-0.2, 0) is 6.61 Å². The second-order valence-corrected chi connectivity index (χ2v) is 4.36. The van der Waals surface area contributed by atoms with Gasteiger partial charge in [0, 0.05) is 12.5 Å². The Kier molecular flexibility index (Phi) is 5.48. The van der Waals surface area contributed by atoms with E-state index >= 15 is 0 Å². The summed E-state index contributed by atoms with van der Waals surface area (Å²) in [5, 5.41) is 8.46. The third-order valence-electron chi connectivity index (χ3n) is 2.76. The number of ether oxygens (including phenoxy) is 2. The highest BCUT2D eigenvalue weighted by molar-refractivity contribution is 5.33. The van der Waals surface area contributed by atoms with Gasteiger partial charge in [0.2, 0.25) is 0 Å². The second-order valence-electron chi connectivity index (χ2n) is 4.36. The predicted octanol–water partition coefficient (Wildman–Crippen LogP) is 3.95. The zero-order valence-corrected chi connectivity index (χ0v) is 11.3. The first-order valence-electron chi connectivity index (χ1n) is 6.65. The van der Waals surface area contributed by atoms with Gasteiger partial charge in [0.05, 0.1) is 12.7 Å². The Morgan fingerprint density at radius 3 is 2.40 bits per heavy atom. The maximum Gasteiger partial charge on any atom is 0.123 e. The van der Waals surface area contributed by atoms with E-state index in [9.17, 15) is 0 Å². The van der Waals surface area contributed by atoms with E-state index in [1.54, 1.807) is 0 Å². The molecule has 0 fully saturated rings. The van der Waals surface area contributed by atoms with Crippen LogP contribution < -0.4 is 9.47 Å². The maximum atomic E-state index is 8.46. The van der Waals surface area contributed by atoms with Crippen LogP contribution in [0.1, 0.15) is 18.4 Å². The van der Waals surface area contributed by atoms with Crippen molar-refractivity contribution >= 4 is 0 Å². The van der Waals surface area contributed by atoms with Crippen molar-refractivity contribution in [1.29, 1.82) is 5.26 Å². The van der Waals surface area contributed by atoms with Crippen LogP contribution >= 0.6 is 0 Å². The normalized spacial score (nSPS) is 9.75. The largest absolute Gasteiger partial charge is 0.493 e. The Morgan fingerprint density at radius 2 is 1.65 bits per heavy atom. The molecule has 2 aromatic carbocycles. The molecule has 3 nitrogen and oxygen atoms in total. The van der Waals surface area contributed by atoms with Crippen molar-refractivity contribution < 1.29 is 9.47 Å². The molecule has 3 heteroatoms. The molecule has 102 valence electrons. The van der Waals surface area contributed by atoms with Gasteiger partial charge in [-0.1, -0.05) is 36.4 Å². The summed E-state index contributed by atoms with van der Waals surface area (Å²) in [5.41, 5.74) is 1.13. The number of hydrogen-bond acceptors (Lipinski definition) is 3. The summed E-state index contributed by atoms with van der Waals surface area (Å²) >= 11 is 0. The molecular formula is C17H17NO2. The summed E-state index contributed by atoms with van der Waals surface area (Å²) in [5.74, 6) is 1.56. The van der Waals surface area contributed by atoms with Crippen molar-refractivity contribution in [2.24, 2.45) is 0 Å². The average Bonchev–Trinajstić information content (AvgIpc) is 2.51. The minimum atomic E-state index is 0.518. The van der Waals surface area contributed by atoms with Gasteiger partial charge in [-0.2, -0.15) is 5.26 Å². The van der Waals surface area contributed by atoms with Crippen LogP contribution in [0.2, 0.25) is 0 Å². The number of benzene rings is 2. The van der Waals surface area contributed by atoms with Crippen molar-refractivity contribution in [2.75, 3.05) is 6.61 Å². The fraction of sp³-hybridized carbons (Fsp3) is 0.235. The third kappa shape index (κ3) is 4.66. The molecule has 2 aromatic rings. The van der Waals surface area contributed by atoms with Crippen molar-refractivity contribution in [3.8, 4) is 17.6 Å². The number of rotatable bonds is 7. The van der Waals surface area contributed by atoms with Crippen molar-refractivity contribution in [3.63, 3.8) is 0 Å². The summed E-state index contributed by atoms with van der Waals surface area (Å²) in [7, 11) is 0. The fourth-order valence-corrected chi connectivity index (χ4v) is 1.74. The summed E-state index contributed by atoms with van der Waals surface area (Å²) in [4.78, 5) is 0. The lowest BCUT2D eigenvalue weighted by atomic mass is 10.2. The summed E-state index contributed by atoms with van der Waals surface area (Å²) in [6.07, 6.45) is 1.26. The van der Waals surface area contributed by atoms with E-state index < -0.39 is 0 Å². The third-order valence-corrected chi connectivity index (χ3v) is 2.76. The van der Waals surface area contributed by atoms with Gasteiger partial charge in [-0.25, -0.2) is 0 Å². The molecule has 0 aromatic heterocycles. The molecule has 20 heavy (non-hydrogen) atoms. The molecular weight excluding hydrogens is 250 g/mol. The molecule has 2 rings (SSSR count). The predicted molar refractivity (Wildman–Crippen MR) is 77.6 cm³/mol. The highest BCUT2D eigenvalue weighted by Gasteiger charge is 1.99. The zero-order valence-electron chi connectivity index (χ0n) is 11.3. The Hall–Kier alpha value is -2.47. The fourth-order valence-electron chi connectivity index (χ4n) is 1.74. The molecule has 0 N–H and O–H groups in total. The number of hydrogen-bond donors (Lipinski definition) is 0. The summed E-state index contributed by atoms with van der Waals surface area (Å²) < 4.78 is 11.3. The van der Waals surface area contributed by atoms with E-state index in [1.165, 1.54) is 0 Å². The van der Waals surface area contributed by atoms with Crippen molar-refractivity contribution in [1.82, 2.24) is 0 Å². The number of unbranched alkanes of at least 4 members (excludes halogenated alkanes) is 1. The highest BCUT2D eigenvalue weighted by Crippen LogP contribution is 2.20. The van der Waals surface area contributed by atoms with Gasteiger partial charge in [-0.3, -0.25) is 0 Å². The maximum absolute atomic E-state index is 8.46. The van der Waals surface area contributed by atoms with Crippen molar-refractivity contribution in [2.45, 2.75) is 19.4 Å². The molecule has 0 saturated heterocycles. The molecule has 0 aliphatic rings. The minimum absolute atomic E-state index is 0.518. The molecule has 0 bridgehead atoms. The van der Waals surface area contributed by atoms with E-state index in [-0.39, 0.29) is 0 Å². The van der Waals surface area contributed by atoms with Crippen LogP contribution in [0.4, 0.5) is 0 Å². The molecule has 0 radical (unpaired) electrons. The molecule has 0 heterocycles. The van der Waals surface area contributed by atoms with Gasteiger partial charge in [-0.05, 0) is 24.1 Å². The van der Waals surface area contributed by atoms with Gasteiger partial charge in [0.15, 0.2) is 0 Å². The topological polar surface area (TPSA) is 42.2 Å². The number of nitrogens with zero attached hydrogens (tertiary/aromatic N) is 1. The summed E-state index contributed by atoms with van der Waals surface area (Å²) in [6.45, 7) is 1.09. The van der Waals surface area contributed by atoms with E-state index in [1.807, 2.05) is 54.6 Å². The van der Waals surface area contributed by atoms with E-state index in [2.05, 4.69) is 6.07 Å². The lowest BCUT2D eigenvalue weighted by molar-refractivity contribution is 0.293. The van der Waals surface area contributed by atoms with Crippen LogP contribution in [0.3, 0.4) is 0 Å². The lowest BCUT2D eigenvalue weighted by Crippen LogP contribution is -1.98. The van der Waals surface area contributed by atoms with E-state index in [0.717, 1.165) is 23.5 Å². The van der Waals surface area contributed by atoms with Crippen LogP contribution in [0, 0.1) is 11.3 Å². The molecule has 0 atom stereocenters. The molecule has 0 unspecified atom stereocenters. The van der Waals surface area contributed by atoms with Crippen LogP contribution in [0.15, 0.2) is 54.6 Å². The highest BCUT2D eigenvalue weighted by atomic mass is 16.5. The SMILES string of the molecule is N#CCCCOc1cccc(OCc2ccccc2)c1. The Bertz CT molecular complexity index is 561. The lowest BCUT2D eigenvalue weighted by Gasteiger charge is -2.09. The quantitative estimate of drug-likeness (QED) is 0.713. The van der Waals surface area contributed by atoms with Gasteiger partial charge in [-0.15, -0.1) is 0 Å². The second kappa shape index (κ2) is 7.85. The molecule has 0 aliphatic heterocycles. The van der Waals surface area contributed by atoms with Crippen LogP contribution in [0.5, 0.6) is 11.5 Å². The molecule has 0 amide bonds. The monoisotopic (exact) mass is 267 g/mol. The molecule has 0 spiro atoms. The smallest absolute Gasteiger partial charge is 0.123 e. The minimum Gasteiger partial charge on any atom is -0.493 e. The first-order valence-corrected chi connectivity index (χ1v) is 6.65.